The third-order valence-electron chi connectivity index (χ3n) is 5.51. The Morgan fingerprint density at radius 2 is 2.03 bits per heavy atom. The van der Waals surface area contributed by atoms with Gasteiger partial charge in [0.05, 0.1) is 17.3 Å². The molecule has 0 saturated carbocycles. The summed E-state index contributed by atoms with van der Waals surface area (Å²) in [5.41, 5.74) is 1.44. The van der Waals surface area contributed by atoms with Crippen LogP contribution in [0.5, 0.6) is 0 Å². The fourth-order valence-corrected chi connectivity index (χ4v) is 3.74. The highest BCUT2D eigenvalue weighted by atomic mass is 16.5. The van der Waals surface area contributed by atoms with Crippen LogP contribution in [0, 0.1) is 11.8 Å². The number of piperidine rings is 1. The van der Waals surface area contributed by atoms with Gasteiger partial charge in [-0.1, -0.05) is 6.07 Å². The molecule has 3 N–H and O–H groups in total. The monoisotopic (exact) mass is 396 g/mol. The summed E-state index contributed by atoms with van der Waals surface area (Å²) in [5, 5.41) is 9.61. The zero-order valence-corrected chi connectivity index (χ0v) is 16.6. The number of hydrogen-bond acceptors (Lipinski definition) is 7. The lowest BCUT2D eigenvalue weighted by Crippen LogP contribution is -2.37. The fourth-order valence-electron chi connectivity index (χ4n) is 3.74. The summed E-state index contributed by atoms with van der Waals surface area (Å²) in [6.07, 6.45) is 5.55. The van der Waals surface area contributed by atoms with Gasteiger partial charge < -0.3 is 20.7 Å². The van der Waals surface area contributed by atoms with Crippen LogP contribution in [0.2, 0.25) is 0 Å². The minimum atomic E-state index is -0.0157. The van der Waals surface area contributed by atoms with Gasteiger partial charge in [0.25, 0.3) is 0 Å². The molecule has 0 unspecified atom stereocenters. The number of anilines is 2. The van der Waals surface area contributed by atoms with Gasteiger partial charge in [0, 0.05) is 32.4 Å². The van der Waals surface area contributed by atoms with Gasteiger partial charge in [-0.05, 0) is 50.3 Å². The summed E-state index contributed by atoms with van der Waals surface area (Å²) in [6, 6.07) is 7.61. The third-order valence-corrected chi connectivity index (χ3v) is 5.51. The van der Waals surface area contributed by atoms with Crippen molar-refractivity contribution in [1.82, 2.24) is 20.3 Å². The summed E-state index contributed by atoms with van der Waals surface area (Å²) in [4.78, 5) is 25.7. The molecule has 0 radical (unpaired) electrons. The van der Waals surface area contributed by atoms with E-state index < -0.39 is 0 Å². The van der Waals surface area contributed by atoms with E-state index in [1.165, 1.54) is 6.33 Å². The van der Waals surface area contributed by atoms with E-state index in [9.17, 15) is 4.79 Å². The van der Waals surface area contributed by atoms with E-state index in [4.69, 9.17) is 4.74 Å². The zero-order valence-electron chi connectivity index (χ0n) is 16.6. The number of nitrogens with zero attached hydrogens (tertiary/aromatic N) is 3. The number of nitrogens with one attached hydrogen (secondary N) is 3. The number of aromatic nitrogens is 3. The van der Waals surface area contributed by atoms with Crippen molar-refractivity contribution in [2.75, 3.05) is 43.5 Å². The number of hydrogen-bond donors (Lipinski definition) is 3. The number of amides is 1. The molecule has 1 atom stereocenters. The predicted octanol–water partition coefficient (Wildman–Crippen LogP) is 2.32. The lowest BCUT2D eigenvalue weighted by Gasteiger charge is -2.22. The molecule has 2 aliphatic heterocycles. The van der Waals surface area contributed by atoms with Crippen LogP contribution >= 0.6 is 0 Å². The minimum Gasteiger partial charge on any atom is -0.381 e. The fraction of sp³-hybridized carbons (Fsp3) is 0.524. The van der Waals surface area contributed by atoms with Crippen LogP contribution < -0.4 is 16.0 Å². The van der Waals surface area contributed by atoms with Gasteiger partial charge in [-0.25, -0.2) is 15.0 Å². The van der Waals surface area contributed by atoms with Gasteiger partial charge in [-0.2, -0.15) is 0 Å². The van der Waals surface area contributed by atoms with E-state index in [1.807, 2.05) is 18.2 Å². The molecule has 0 spiro atoms. The number of pyridine rings is 1. The Morgan fingerprint density at radius 3 is 2.86 bits per heavy atom. The second-order valence-electron chi connectivity index (χ2n) is 7.67. The van der Waals surface area contributed by atoms with Crippen molar-refractivity contribution < 1.29 is 9.53 Å². The van der Waals surface area contributed by atoms with E-state index in [0.29, 0.717) is 24.0 Å². The number of ether oxygens (including phenoxy) is 1. The first-order valence-electron chi connectivity index (χ1n) is 10.4. The van der Waals surface area contributed by atoms with Crippen molar-refractivity contribution in [3.05, 3.63) is 30.6 Å². The van der Waals surface area contributed by atoms with Crippen molar-refractivity contribution in [1.29, 1.82) is 0 Å². The van der Waals surface area contributed by atoms with E-state index in [0.717, 1.165) is 63.5 Å². The molecular formula is C21H28N6O2. The molecule has 4 heterocycles. The van der Waals surface area contributed by atoms with Gasteiger partial charge in [-0.15, -0.1) is 0 Å². The lowest BCUT2D eigenvalue weighted by molar-refractivity contribution is -0.120. The van der Waals surface area contributed by atoms with Crippen molar-refractivity contribution in [3.63, 3.8) is 0 Å². The van der Waals surface area contributed by atoms with Crippen LogP contribution in [0.25, 0.3) is 11.4 Å². The van der Waals surface area contributed by atoms with E-state index >= 15 is 0 Å². The number of carbonyl (C=O) groups is 1. The standard InChI is InChI=1S/C21H28N6O2/c28-21(16-3-2-8-22-13-16)27-20-11-18(24-14-25-20)17-4-1-5-19(26-17)23-12-15-6-9-29-10-7-15/h1,4-5,11,14-16,22H,2-3,6-10,12-13H2,(H,23,26)(H,24,25,27,28)/t16-/m1/s1. The van der Waals surface area contributed by atoms with Crippen LogP contribution in [-0.2, 0) is 9.53 Å². The largest absolute Gasteiger partial charge is 0.381 e. The molecule has 0 aromatic carbocycles. The Labute approximate surface area is 170 Å². The van der Waals surface area contributed by atoms with Crippen molar-refractivity contribution in [2.45, 2.75) is 25.7 Å². The summed E-state index contributed by atoms with van der Waals surface area (Å²) < 4.78 is 5.41. The minimum absolute atomic E-state index is 0.00156. The van der Waals surface area contributed by atoms with Gasteiger partial charge >= 0.3 is 0 Å². The normalized spacial score (nSPS) is 20.2. The Bertz CT molecular complexity index is 818. The molecule has 0 bridgehead atoms. The van der Waals surface area contributed by atoms with Crippen LogP contribution in [0.3, 0.4) is 0 Å². The average Bonchev–Trinajstić information content (AvgIpc) is 2.79. The molecule has 4 rings (SSSR count). The van der Waals surface area contributed by atoms with Gasteiger partial charge in [0.2, 0.25) is 5.91 Å². The number of rotatable bonds is 6. The Kier molecular flexibility index (Phi) is 6.63. The first kappa shape index (κ1) is 19.7. The van der Waals surface area contributed by atoms with Crippen LogP contribution in [0.1, 0.15) is 25.7 Å². The summed E-state index contributed by atoms with van der Waals surface area (Å²) in [5.74, 6) is 1.93. The Balaban J connectivity index is 1.40. The van der Waals surface area contributed by atoms with E-state index in [1.54, 1.807) is 6.07 Å². The maximum atomic E-state index is 12.5. The SMILES string of the molecule is O=C(Nc1cc(-c2cccc(NCC3CCOCC3)n2)ncn1)[C@@H]1CCCNC1. The highest BCUT2D eigenvalue weighted by Gasteiger charge is 2.21. The molecule has 8 heteroatoms. The average molecular weight is 396 g/mol. The first-order valence-corrected chi connectivity index (χ1v) is 10.4. The summed E-state index contributed by atoms with van der Waals surface area (Å²) in [7, 11) is 0. The first-order chi connectivity index (χ1) is 14.3. The molecule has 2 aliphatic rings. The van der Waals surface area contributed by atoms with Crippen molar-refractivity contribution in [3.8, 4) is 11.4 Å². The quantitative estimate of drug-likeness (QED) is 0.689. The van der Waals surface area contributed by atoms with Gasteiger partial charge in [-0.3, -0.25) is 4.79 Å². The van der Waals surface area contributed by atoms with Gasteiger partial charge in [0.15, 0.2) is 0 Å². The van der Waals surface area contributed by atoms with Gasteiger partial charge in [0.1, 0.15) is 18.0 Å². The van der Waals surface area contributed by atoms with Crippen LogP contribution in [0.15, 0.2) is 30.6 Å². The maximum Gasteiger partial charge on any atom is 0.229 e. The van der Waals surface area contributed by atoms with Crippen LogP contribution in [-0.4, -0.2) is 53.7 Å². The van der Waals surface area contributed by atoms with E-state index in [-0.39, 0.29) is 11.8 Å². The molecule has 0 aliphatic carbocycles. The predicted molar refractivity (Wildman–Crippen MR) is 112 cm³/mol. The molecule has 2 saturated heterocycles. The summed E-state index contributed by atoms with van der Waals surface area (Å²) in [6.45, 7) is 4.26. The molecular weight excluding hydrogens is 368 g/mol. The molecule has 29 heavy (non-hydrogen) atoms. The highest BCUT2D eigenvalue weighted by Crippen LogP contribution is 2.21. The molecule has 1 amide bonds. The lowest BCUT2D eigenvalue weighted by atomic mass is 9.99. The van der Waals surface area contributed by atoms with Crippen molar-refractivity contribution >= 4 is 17.5 Å². The topological polar surface area (TPSA) is 101 Å². The maximum absolute atomic E-state index is 12.5. The van der Waals surface area contributed by atoms with E-state index in [2.05, 4.69) is 30.9 Å². The second-order valence-corrected chi connectivity index (χ2v) is 7.67. The molecule has 2 aromatic heterocycles. The third kappa shape index (κ3) is 5.48. The van der Waals surface area contributed by atoms with Crippen molar-refractivity contribution in [2.24, 2.45) is 11.8 Å². The number of carbonyl (C=O) groups excluding carboxylic acids is 1. The Morgan fingerprint density at radius 1 is 1.14 bits per heavy atom. The zero-order chi connectivity index (χ0) is 19.9. The smallest absolute Gasteiger partial charge is 0.229 e. The molecule has 8 nitrogen and oxygen atoms in total. The molecule has 154 valence electrons. The Hall–Kier alpha value is -2.58. The molecule has 2 fully saturated rings. The molecule has 2 aromatic rings. The second kappa shape index (κ2) is 9.76. The highest BCUT2D eigenvalue weighted by molar-refractivity contribution is 5.92. The summed E-state index contributed by atoms with van der Waals surface area (Å²) >= 11 is 0. The van der Waals surface area contributed by atoms with Crippen LogP contribution in [0.4, 0.5) is 11.6 Å².